The van der Waals surface area contributed by atoms with E-state index in [1.54, 1.807) is 0 Å². The molecule has 0 bridgehead atoms. The molecule has 0 spiro atoms. The van der Waals surface area contributed by atoms with Crippen LogP contribution < -0.4 is 0 Å². The maximum Gasteiger partial charge on any atom is 0.0411 e. The molecule has 6 heavy (non-hydrogen) atoms. The van der Waals surface area contributed by atoms with E-state index < -0.39 is 8.07 Å². The molecule has 0 rings (SSSR count). The summed E-state index contributed by atoms with van der Waals surface area (Å²) in [6, 6.07) is 0. The Labute approximate surface area is 71.3 Å². The molecule has 0 saturated heterocycles. The number of hydrogen-bond donors (Lipinski definition) is 0. The monoisotopic (exact) mass is 128 g/mol. The van der Waals surface area contributed by atoms with Crippen molar-refractivity contribution in [1.82, 2.24) is 0 Å². The number of hydrogen-bond acceptors (Lipinski definition) is 0. The summed E-state index contributed by atoms with van der Waals surface area (Å²) in [7, 11) is -0.611. The summed E-state index contributed by atoms with van der Waals surface area (Å²) < 4.78 is 0. The molecule has 0 fully saturated rings. The Balaban J connectivity index is 0. The summed E-state index contributed by atoms with van der Waals surface area (Å²) in [4.78, 5) is 0. The molecule has 0 N–H and O–H groups in total. The summed E-state index contributed by atoms with van der Waals surface area (Å²) in [5.41, 5.74) is 0. The van der Waals surface area contributed by atoms with Crippen LogP contribution in [0.15, 0.2) is 0 Å². The summed E-state index contributed by atoms with van der Waals surface area (Å²) in [5, 5.41) is 0. The van der Waals surface area contributed by atoms with Crippen LogP contribution in [-0.2, 0) is 0 Å². The summed E-state index contributed by atoms with van der Waals surface area (Å²) in [5.74, 6) is 0. The van der Waals surface area contributed by atoms with Crippen molar-refractivity contribution in [1.29, 1.82) is 0 Å². The average molecular weight is 128 g/mol. The average Bonchev–Trinajstić information content (AvgIpc) is 0.722. The van der Waals surface area contributed by atoms with Gasteiger partial charge in [-0.3, -0.25) is 0 Å². The summed E-state index contributed by atoms with van der Waals surface area (Å²) >= 11 is 0. The molecule has 2 heteroatoms. The zero-order chi connectivity index (χ0) is 4.50. The van der Waals surface area contributed by atoms with Gasteiger partial charge in [0.1, 0.15) is 0 Å². The minimum Gasteiger partial charge on any atom is -0.0697 e. The topological polar surface area (TPSA) is 0 Å². The van der Waals surface area contributed by atoms with E-state index >= 15 is 0 Å². The molecule has 0 aromatic carbocycles. The standard InChI is InChI=1S/C4H12Si.Ar/c1-5(2,3)4;/h1-4H3;. The van der Waals surface area contributed by atoms with Gasteiger partial charge < -0.3 is 0 Å². The van der Waals surface area contributed by atoms with Crippen LogP contribution in [0.4, 0.5) is 0 Å². The van der Waals surface area contributed by atoms with Gasteiger partial charge in [0.25, 0.3) is 0 Å². The molecule has 0 aromatic heterocycles. The second-order valence-corrected chi connectivity index (χ2v) is 9.00. The Morgan fingerprint density at radius 3 is 0.833 bits per heavy atom. The molecule has 40 valence electrons. The van der Waals surface area contributed by atoms with Gasteiger partial charge in [-0.15, -0.1) is 0 Å². The van der Waals surface area contributed by atoms with Gasteiger partial charge in [0.05, 0.1) is 0 Å². The molecule has 0 radical (unpaired) electrons. The first-order valence-electron chi connectivity index (χ1n) is 2.00. The van der Waals surface area contributed by atoms with Crippen molar-refractivity contribution in [2.75, 3.05) is 0 Å². The van der Waals surface area contributed by atoms with Crippen LogP contribution >= 0.6 is 0 Å². The Hall–Kier alpha value is 1.48. The Morgan fingerprint density at radius 2 is 0.833 bits per heavy atom. The fourth-order valence-corrected chi connectivity index (χ4v) is 0. The van der Waals surface area contributed by atoms with Gasteiger partial charge >= 0.3 is 0 Å². The van der Waals surface area contributed by atoms with Crippen LogP contribution in [0.3, 0.4) is 0 Å². The van der Waals surface area contributed by atoms with Crippen molar-refractivity contribution >= 4 is 8.07 Å². The van der Waals surface area contributed by atoms with Crippen LogP contribution in [0.5, 0.6) is 0 Å². The van der Waals surface area contributed by atoms with E-state index in [2.05, 4.69) is 26.2 Å². The maximum absolute atomic E-state index is 2.33. The van der Waals surface area contributed by atoms with Gasteiger partial charge in [0.2, 0.25) is 0 Å². The second kappa shape index (κ2) is 3.48. The molecular formula is C4H12ArSi. The van der Waals surface area contributed by atoms with E-state index in [1.807, 2.05) is 0 Å². The van der Waals surface area contributed by atoms with Crippen LogP contribution in [0.1, 0.15) is 0 Å². The van der Waals surface area contributed by atoms with Crippen LogP contribution in [0, 0.1) is 37.7 Å². The third-order valence-electron chi connectivity index (χ3n) is 0. The second-order valence-electron chi connectivity index (χ2n) is 3.00. The Kier molecular flexibility index (Phi) is 6.06. The molecule has 0 atom stereocenters. The zero-order valence-corrected chi connectivity index (χ0v) is 6.56. The van der Waals surface area contributed by atoms with Crippen molar-refractivity contribution < 1.29 is 37.7 Å². The Morgan fingerprint density at radius 1 is 0.833 bits per heavy atom. The fraction of sp³-hybridized carbons (Fsp3) is 1.00. The maximum atomic E-state index is 2.33. The van der Waals surface area contributed by atoms with Gasteiger partial charge in [0.15, 0.2) is 0 Å². The SMILES string of the molecule is C[Si](C)(C)C.[Ar]. The third kappa shape index (κ3) is 50.3. The van der Waals surface area contributed by atoms with E-state index in [9.17, 15) is 0 Å². The minimum atomic E-state index is -0.611. The molecule has 0 aromatic rings. The van der Waals surface area contributed by atoms with Gasteiger partial charge in [-0.05, 0) is 0 Å². The van der Waals surface area contributed by atoms with Gasteiger partial charge in [-0.2, -0.15) is 0 Å². The quantitative estimate of drug-likeness (QED) is 0.437. The summed E-state index contributed by atoms with van der Waals surface area (Å²) in [6.07, 6.45) is 0. The molecule has 0 saturated carbocycles. The third-order valence-corrected chi connectivity index (χ3v) is 0. The van der Waals surface area contributed by atoms with E-state index in [1.165, 1.54) is 0 Å². The van der Waals surface area contributed by atoms with Crippen molar-refractivity contribution in [2.24, 2.45) is 0 Å². The fourth-order valence-electron chi connectivity index (χ4n) is 0. The molecule has 0 heterocycles. The molecule has 0 nitrogen and oxygen atoms in total. The normalized spacial score (nSPS) is 10.0. The first kappa shape index (κ1) is 10.5. The van der Waals surface area contributed by atoms with E-state index in [4.69, 9.17) is 0 Å². The van der Waals surface area contributed by atoms with Crippen molar-refractivity contribution in [2.45, 2.75) is 26.2 Å². The first-order valence-corrected chi connectivity index (χ1v) is 6.00. The largest absolute Gasteiger partial charge is 0.0697 e. The van der Waals surface area contributed by atoms with Crippen LogP contribution in [-0.4, -0.2) is 8.07 Å². The van der Waals surface area contributed by atoms with Gasteiger partial charge in [-0.25, -0.2) is 0 Å². The number of rotatable bonds is 0. The Bertz CT molecular complexity index is 23.0. The molecule has 0 amide bonds. The minimum absolute atomic E-state index is 0. The van der Waals surface area contributed by atoms with E-state index in [0.29, 0.717) is 0 Å². The molecule has 0 aliphatic heterocycles. The summed E-state index contributed by atoms with van der Waals surface area (Å²) in [6.45, 7) is 9.31. The van der Waals surface area contributed by atoms with Crippen LogP contribution in [0.2, 0.25) is 26.2 Å². The zero-order valence-electron chi connectivity index (χ0n) is 4.85. The first-order chi connectivity index (χ1) is 2.00. The van der Waals surface area contributed by atoms with Crippen molar-refractivity contribution in [3.63, 3.8) is 0 Å². The van der Waals surface area contributed by atoms with Crippen molar-refractivity contribution in [3.8, 4) is 0 Å². The van der Waals surface area contributed by atoms with Crippen molar-refractivity contribution in [3.05, 3.63) is 0 Å². The van der Waals surface area contributed by atoms with E-state index in [0.717, 1.165) is 0 Å². The van der Waals surface area contributed by atoms with Crippen LogP contribution in [0.25, 0.3) is 0 Å². The van der Waals surface area contributed by atoms with Gasteiger partial charge in [0, 0.05) is 45.8 Å². The predicted molar refractivity (Wildman–Crippen MR) is 29.2 cm³/mol. The molecule has 0 aliphatic rings. The predicted octanol–water partition coefficient (Wildman–Crippen LogP) is 1.95. The van der Waals surface area contributed by atoms with E-state index in [-0.39, 0.29) is 37.7 Å². The molecule has 0 aliphatic carbocycles. The van der Waals surface area contributed by atoms with Gasteiger partial charge in [-0.1, -0.05) is 26.2 Å². The molecular weight excluding hydrogens is 116 g/mol. The molecule has 0 unspecified atom stereocenters. The smallest absolute Gasteiger partial charge is 0.0411 e.